The van der Waals surface area contributed by atoms with Crippen LogP contribution in [0.5, 0.6) is 0 Å². The van der Waals surface area contributed by atoms with Gasteiger partial charge in [-0.15, -0.1) is 0 Å². The maximum Gasteiger partial charge on any atom is 0.338 e. The zero-order chi connectivity index (χ0) is 24.6. The zero-order valence-corrected chi connectivity index (χ0v) is 20.2. The number of para-hydroxylation sites is 1. The van der Waals surface area contributed by atoms with E-state index in [1.807, 2.05) is 48.5 Å². The largest absolute Gasteiger partial charge is 0.449 e. The molecule has 0 fully saturated rings. The van der Waals surface area contributed by atoms with Gasteiger partial charge in [0.25, 0.3) is 5.91 Å². The summed E-state index contributed by atoms with van der Waals surface area (Å²) in [6, 6.07) is 21.2. The summed E-state index contributed by atoms with van der Waals surface area (Å²) in [5.41, 5.74) is 4.29. The van der Waals surface area contributed by atoms with Crippen molar-refractivity contribution in [2.45, 2.75) is 37.3 Å². The Hall–Kier alpha value is -3.49. The minimum atomic E-state index is -3.70. The van der Waals surface area contributed by atoms with E-state index < -0.39 is 22.1 Å². The normalized spacial score (nSPS) is 16.3. The van der Waals surface area contributed by atoms with Gasteiger partial charge in [0, 0.05) is 25.3 Å². The Balaban J connectivity index is 1.25. The lowest BCUT2D eigenvalue weighted by atomic mass is 10.0. The molecule has 1 amide bonds. The van der Waals surface area contributed by atoms with E-state index in [0.29, 0.717) is 26.1 Å². The molecule has 0 saturated heterocycles. The van der Waals surface area contributed by atoms with Gasteiger partial charge in [-0.25, -0.2) is 13.2 Å². The third-order valence-electron chi connectivity index (χ3n) is 6.61. The minimum Gasteiger partial charge on any atom is -0.449 e. The molecule has 7 nitrogen and oxygen atoms in total. The number of carbonyl (C=O) groups excluding carboxylic acids is 2. The molecule has 0 N–H and O–H groups in total. The Morgan fingerprint density at radius 3 is 2.20 bits per heavy atom. The standard InChI is InChI=1S/C27H26N2O5S/c1-19(26(30)29-17-15-21-7-4-5-9-25(21)29)34-27(31)22-10-12-24(13-11-22)35(32,33)28-16-14-20-6-2-3-8-23(20)18-28/h2-13,19H,14-18H2,1H3/t19-/m1/s1. The molecule has 2 aliphatic heterocycles. The van der Waals surface area contributed by atoms with Crippen molar-refractivity contribution in [3.05, 3.63) is 95.1 Å². The van der Waals surface area contributed by atoms with Crippen LogP contribution in [0.15, 0.2) is 77.7 Å². The highest BCUT2D eigenvalue weighted by Gasteiger charge is 2.31. The van der Waals surface area contributed by atoms with E-state index in [4.69, 9.17) is 4.74 Å². The van der Waals surface area contributed by atoms with E-state index in [9.17, 15) is 18.0 Å². The number of hydrogen-bond acceptors (Lipinski definition) is 5. The first-order valence-corrected chi connectivity index (χ1v) is 13.1. The van der Waals surface area contributed by atoms with Gasteiger partial charge in [-0.05, 0) is 66.8 Å². The number of nitrogens with zero attached hydrogens (tertiary/aromatic N) is 2. The first kappa shape index (κ1) is 23.3. The quantitative estimate of drug-likeness (QED) is 0.511. The van der Waals surface area contributed by atoms with Gasteiger partial charge in [0.1, 0.15) is 0 Å². The van der Waals surface area contributed by atoms with Crippen LogP contribution in [0.25, 0.3) is 0 Å². The molecule has 2 heterocycles. The minimum absolute atomic E-state index is 0.117. The summed E-state index contributed by atoms with van der Waals surface area (Å²) in [7, 11) is -3.70. The number of benzene rings is 3. The molecular weight excluding hydrogens is 464 g/mol. The number of sulfonamides is 1. The van der Waals surface area contributed by atoms with Crippen LogP contribution in [0, 0.1) is 0 Å². The van der Waals surface area contributed by atoms with Gasteiger partial charge in [0.15, 0.2) is 6.10 Å². The fraction of sp³-hybridized carbons (Fsp3) is 0.259. The number of anilines is 1. The third kappa shape index (κ3) is 4.47. The van der Waals surface area contributed by atoms with Crippen molar-refractivity contribution in [2.24, 2.45) is 0 Å². The lowest BCUT2D eigenvalue weighted by Crippen LogP contribution is -2.39. The second-order valence-corrected chi connectivity index (χ2v) is 10.7. The lowest BCUT2D eigenvalue weighted by Gasteiger charge is -2.28. The second-order valence-electron chi connectivity index (χ2n) is 8.80. The van der Waals surface area contributed by atoms with Gasteiger partial charge in [-0.1, -0.05) is 42.5 Å². The van der Waals surface area contributed by atoms with Crippen molar-refractivity contribution in [3.63, 3.8) is 0 Å². The molecule has 0 aliphatic carbocycles. The second kappa shape index (κ2) is 9.28. The molecule has 3 aromatic rings. The average molecular weight is 491 g/mol. The smallest absolute Gasteiger partial charge is 0.338 e. The highest BCUT2D eigenvalue weighted by molar-refractivity contribution is 7.89. The van der Waals surface area contributed by atoms with Gasteiger partial charge < -0.3 is 9.64 Å². The lowest BCUT2D eigenvalue weighted by molar-refractivity contribution is -0.126. The Kier molecular flexibility index (Phi) is 6.17. The topological polar surface area (TPSA) is 84.0 Å². The Morgan fingerprint density at radius 1 is 0.829 bits per heavy atom. The molecule has 180 valence electrons. The van der Waals surface area contributed by atoms with E-state index in [-0.39, 0.29) is 16.4 Å². The molecule has 0 unspecified atom stereocenters. The van der Waals surface area contributed by atoms with Crippen LogP contribution in [-0.4, -0.2) is 43.8 Å². The van der Waals surface area contributed by atoms with Crippen LogP contribution >= 0.6 is 0 Å². The molecule has 0 radical (unpaired) electrons. The highest BCUT2D eigenvalue weighted by atomic mass is 32.2. The molecule has 35 heavy (non-hydrogen) atoms. The van der Waals surface area contributed by atoms with E-state index in [2.05, 4.69) is 0 Å². The summed E-state index contributed by atoms with van der Waals surface area (Å²) in [6.45, 7) is 2.83. The summed E-state index contributed by atoms with van der Waals surface area (Å²) < 4.78 is 33.2. The van der Waals surface area contributed by atoms with E-state index in [1.54, 1.807) is 11.8 Å². The predicted molar refractivity (Wildman–Crippen MR) is 132 cm³/mol. The Labute approximate surface area is 205 Å². The molecule has 0 saturated carbocycles. The number of rotatable bonds is 5. The van der Waals surface area contributed by atoms with Crippen molar-refractivity contribution in [1.29, 1.82) is 0 Å². The maximum atomic E-state index is 13.2. The van der Waals surface area contributed by atoms with Crippen molar-refractivity contribution < 1.29 is 22.7 Å². The van der Waals surface area contributed by atoms with Crippen LogP contribution in [0.1, 0.15) is 34.0 Å². The Morgan fingerprint density at radius 2 is 1.46 bits per heavy atom. The molecule has 1 atom stereocenters. The van der Waals surface area contributed by atoms with Crippen LogP contribution in [0.2, 0.25) is 0 Å². The van der Waals surface area contributed by atoms with E-state index >= 15 is 0 Å². The molecular formula is C27H26N2O5S. The van der Waals surface area contributed by atoms with Crippen LogP contribution in [-0.2, 0) is 38.9 Å². The molecule has 0 aromatic heterocycles. The molecule has 0 spiro atoms. The fourth-order valence-electron chi connectivity index (χ4n) is 4.65. The highest BCUT2D eigenvalue weighted by Crippen LogP contribution is 2.29. The van der Waals surface area contributed by atoms with Crippen molar-refractivity contribution >= 4 is 27.6 Å². The first-order valence-electron chi connectivity index (χ1n) is 11.6. The fourth-order valence-corrected chi connectivity index (χ4v) is 6.07. The molecule has 2 aliphatic rings. The maximum absolute atomic E-state index is 13.2. The number of esters is 1. The van der Waals surface area contributed by atoms with Crippen LogP contribution in [0.3, 0.4) is 0 Å². The number of carbonyl (C=O) groups is 2. The van der Waals surface area contributed by atoms with Crippen LogP contribution < -0.4 is 4.90 Å². The number of ether oxygens (including phenoxy) is 1. The Bertz CT molecular complexity index is 1380. The summed E-state index contributed by atoms with van der Waals surface area (Å²) in [4.78, 5) is 27.3. The number of hydrogen-bond donors (Lipinski definition) is 0. The van der Waals surface area contributed by atoms with Gasteiger partial charge in [-0.3, -0.25) is 4.79 Å². The van der Waals surface area contributed by atoms with Gasteiger partial charge in [0.2, 0.25) is 10.0 Å². The van der Waals surface area contributed by atoms with Gasteiger partial charge >= 0.3 is 5.97 Å². The molecule has 0 bridgehead atoms. The SMILES string of the molecule is C[C@@H](OC(=O)c1ccc(S(=O)(=O)N2CCc3ccccc3C2)cc1)C(=O)N1CCc2ccccc21. The van der Waals surface area contributed by atoms with Crippen molar-refractivity contribution in [2.75, 3.05) is 18.0 Å². The van der Waals surface area contributed by atoms with Gasteiger partial charge in [0.05, 0.1) is 10.5 Å². The third-order valence-corrected chi connectivity index (χ3v) is 8.47. The van der Waals surface area contributed by atoms with E-state index in [0.717, 1.165) is 28.8 Å². The van der Waals surface area contributed by atoms with Gasteiger partial charge in [-0.2, -0.15) is 4.31 Å². The van der Waals surface area contributed by atoms with Crippen molar-refractivity contribution in [1.82, 2.24) is 4.31 Å². The first-order chi connectivity index (χ1) is 16.8. The van der Waals surface area contributed by atoms with Crippen LogP contribution in [0.4, 0.5) is 5.69 Å². The summed E-state index contributed by atoms with van der Waals surface area (Å²) in [5, 5.41) is 0. The average Bonchev–Trinajstić information content (AvgIpc) is 3.32. The monoisotopic (exact) mass is 490 g/mol. The summed E-state index contributed by atoms with van der Waals surface area (Å²) >= 11 is 0. The molecule has 8 heteroatoms. The van der Waals surface area contributed by atoms with Crippen molar-refractivity contribution in [3.8, 4) is 0 Å². The molecule has 3 aromatic carbocycles. The number of fused-ring (bicyclic) bond motifs is 2. The zero-order valence-electron chi connectivity index (χ0n) is 19.4. The predicted octanol–water partition coefficient (Wildman–Crippen LogP) is 3.57. The summed E-state index contributed by atoms with van der Waals surface area (Å²) in [5.74, 6) is -0.956. The number of amides is 1. The summed E-state index contributed by atoms with van der Waals surface area (Å²) in [6.07, 6.45) is 0.458. The molecule has 5 rings (SSSR count). The van der Waals surface area contributed by atoms with E-state index in [1.165, 1.54) is 28.6 Å².